The van der Waals surface area contributed by atoms with Crippen molar-refractivity contribution < 1.29 is 14.3 Å². The van der Waals surface area contributed by atoms with Crippen molar-refractivity contribution in [2.24, 2.45) is 23.7 Å². The van der Waals surface area contributed by atoms with Crippen LogP contribution in [0.4, 0.5) is 5.69 Å². The van der Waals surface area contributed by atoms with Gasteiger partial charge in [0.1, 0.15) is 6.10 Å². The van der Waals surface area contributed by atoms with Crippen LogP contribution in [0.2, 0.25) is 5.02 Å². The average molecular weight is 385 g/mol. The van der Waals surface area contributed by atoms with E-state index in [0.717, 1.165) is 22.9 Å². The molecular weight excluding hydrogens is 370 g/mol. The molecular formula is C16H15BrClNO3. The molecule has 2 bridgehead atoms. The van der Waals surface area contributed by atoms with Gasteiger partial charge in [-0.05, 0) is 59.3 Å². The quantitative estimate of drug-likeness (QED) is 0.793. The van der Waals surface area contributed by atoms with Gasteiger partial charge in [0.05, 0.1) is 16.9 Å². The number of rotatable bonds is 2. The maximum absolute atomic E-state index is 12.7. The number of benzene rings is 1. The summed E-state index contributed by atoms with van der Waals surface area (Å²) in [7, 11) is 0. The number of hydrogen-bond acceptors (Lipinski definition) is 3. The lowest BCUT2D eigenvalue weighted by atomic mass is 9.79. The van der Waals surface area contributed by atoms with Crippen molar-refractivity contribution in [2.75, 3.05) is 5.32 Å². The van der Waals surface area contributed by atoms with Crippen LogP contribution in [0.3, 0.4) is 0 Å². The zero-order chi connectivity index (χ0) is 15.6. The second-order valence-corrected chi connectivity index (χ2v) is 7.75. The van der Waals surface area contributed by atoms with Gasteiger partial charge in [0.15, 0.2) is 0 Å². The summed E-state index contributed by atoms with van der Waals surface area (Å²) in [6.45, 7) is 1.91. The molecule has 116 valence electrons. The topological polar surface area (TPSA) is 55.4 Å². The summed E-state index contributed by atoms with van der Waals surface area (Å²) < 4.78 is 6.18. The first-order chi connectivity index (χ1) is 10.5. The molecule has 4 rings (SSSR count). The van der Waals surface area contributed by atoms with E-state index in [-0.39, 0.29) is 41.7 Å². The molecule has 5 atom stereocenters. The van der Waals surface area contributed by atoms with Crippen LogP contribution >= 0.6 is 27.5 Å². The third-order valence-corrected chi connectivity index (χ3v) is 6.51. The van der Waals surface area contributed by atoms with Crippen molar-refractivity contribution in [3.63, 3.8) is 0 Å². The van der Waals surface area contributed by atoms with Gasteiger partial charge in [-0.2, -0.15) is 0 Å². The lowest BCUT2D eigenvalue weighted by Gasteiger charge is -2.24. The summed E-state index contributed by atoms with van der Waals surface area (Å²) in [5.41, 5.74) is 1.63. The standard InChI is InChI=1S/C16H15BrClNO3/c1-6-2-9(17)10(18)5-11(6)19-15(20)13-7-3-8-12(4-7)22-16(21)14(8)13/h2,5,7-8,12-14H,3-4H2,1H3,(H,19,20)/t7-,8+,12-,13+,14+/m1/s1. The number of aryl methyl sites for hydroxylation is 1. The van der Waals surface area contributed by atoms with Gasteiger partial charge in [-0.1, -0.05) is 11.6 Å². The number of carbonyl (C=O) groups is 2. The zero-order valence-corrected chi connectivity index (χ0v) is 14.3. The molecule has 1 saturated heterocycles. The Bertz CT molecular complexity index is 690. The van der Waals surface area contributed by atoms with E-state index < -0.39 is 0 Å². The van der Waals surface area contributed by atoms with Gasteiger partial charge in [0, 0.05) is 16.1 Å². The second kappa shape index (κ2) is 4.96. The monoisotopic (exact) mass is 383 g/mol. The van der Waals surface area contributed by atoms with Gasteiger partial charge in [-0.3, -0.25) is 9.59 Å². The number of nitrogens with one attached hydrogen (secondary N) is 1. The summed E-state index contributed by atoms with van der Waals surface area (Å²) in [4.78, 5) is 24.7. The minimum atomic E-state index is -0.266. The highest BCUT2D eigenvalue weighted by Gasteiger charge is 2.63. The molecule has 1 aliphatic heterocycles. The summed E-state index contributed by atoms with van der Waals surface area (Å²) in [5.74, 6) is -0.300. The first kappa shape index (κ1) is 14.5. The zero-order valence-electron chi connectivity index (χ0n) is 11.9. The largest absolute Gasteiger partial charge is 0.462 e. The number of amides is 1. The molecule has 1 amide bonds. The molecule has 4 nitrogen and oxygen atoms in total. The van der Waals surface area contributed by atoms with Crippen LogP contribution in [0, 0.1) is 30.6 Å². The Morgan fingerprint density at radius 2 is 2.18 bits per heavy atom. The molecule has 2 saturated carbocycles. The minimum Gasteiger partial charge on any atom is -0.462 e. The van der Waals surface area contributed by atoms with Crippen LogP contribution in [0.25, 0.3) is 0 Å². The second-order valence-electron chi connectivity index (χ2n) is 6.49. The molecule has 1 aromatic carbocycles. The van der Waals surface area contributed by atoms with Gasteiger partial charge in [0.25, 0.3) is 0 Å². The van der Waals surface area contributed by atoms with E-state index in [1.807, 2.05) is 13.0 Å². The molecule has 6 heteroatoms. The van der Waals surface area contributed by atoms with E-state index >= 15 is 0 Å². The summed E-state index contributed by atoms with van der Waals surface area (Å²) in [5, 5.41) is 3.51. The van der Waals surface area contributed by atoms with Gasteiger partial charge in [-0.15, -0.1) is 0 Å². The van der Waals surface area contributed by atoms with Gasteiger partial charge >= 0.3 is 5.97 Å². The lowest BCUT2D eigenvalue weighted by molar-refractivity contribution is -0.145. The SMILES string of the molecule is Cc1cc(Br)c(Cl)cc1NC(=O)[C@H]1[C@@H]2C[C@@H]3[C@@H]1C(=O)O[C@@H]3C2. The summed E-state index contributed by atoms with van der Waals surface area (Å²) in [6.07, 6.45) is 1.81. The Balaban J connectivity index is 1.59. The molecule has 2 aliphatic carbocycles. The van der Waals surface area contributed by atoms with Crippen molar-refractivity contribution in [2.45, 2.75) is 25.9 Å². The Kier molecular flexibility index (Phi) is 3.28. The maximum atomic E-state index is 12.7. The highest BCUT2D eigenvalue weighted by Crippen LogP contribution is 2.57. The Morgan fingerprint density at radius 3 is 2.95 bits per heavy atom. The number of esters is 1. The van der Waals surface area contributed by atoms with Crippen LogP contribution in [-0.2, 0) is 14.3 Å². The van der Waals surface area contributed by atoms with E-state index in [1.165, 1.54) is 0 Å². The van der Waals surface area contributed by atoms with Gasteiger partial charge < -0.3 is 10.1 Å². The molecule has 3 fully saturated rings. The number of ether oxygens (including phenoxy) is 1. The number of anilines is 1. The molecule has 0 unspecified atom stereocenters. The van der Waals surface area contributed by atoms with Gasteiger partial charge in [-0.25, -0.2) is 0 Å². The third kappa shape index (κ3) is 2.02. The van der Waals surface area contributed by atoms with Crippen LogP contribution in [-0.4, -0.2) is 18.0 Å². The van der Waals surface area contributed by atoms with Gasteiger partial charge in [0.2, 0.25) is 5.91 Å². The van der Waals surface area contributed by atoms with Crippen LogP contribution in [0.1, 0.15) is 18.4 Å². The molecule has 0 aromatic heterocycles. The fourth-order valence-corrected chi connectivity index (χ4v) is 4.98. The molecule has 0 spiro atoms. The van der Waals surface area contributed by atoms with Crippen LogP contribution in [0.15, 0.2) is 16.6 Å². The average Bonchev–Trinajstić information content (AvgIpc) is 3.05. The molecule has 0 radical (unpaired) electrons. The minimum absolute atomic E-state index is 0.0513. The molecule has 1 heterocycles. The van der Waals surface area contributed by atoms with Crippen molar-refractivity contribution in [1.29, 1.82) is 0 Å². The van der Waals surface area contributed by atoms with Crippen LogP contribution < -0.4 is 5.32 Å². The Morgan fingerprint density at radius 1 is 1.41 bits per heavy atom. The Labute approximate surface area is 141 Å². The predicted octanol–water partition coefficient (Wildman–Crippen LogP) is 3.55. The number of fused-ring (bicyclic) bond motifs is 1. The number of carbonyl (C=O) groups excluding carboxylic acids is 2. The highest BCUT2D eigenvalue weighted by atomic mass is 79.9. The van der Waals surface area contributed by atoms with E-state index in [0.29, 0.717) is 10.7 Å². The maximum Gasteiger partial charge on any atom is 0.310 e. The molecule has 1 N–H and O–H groups in total. The first-order valence-electron chi connectivity index (χ1n) is 7.42. The van der Waals surface area contributed by atoms with Crippen molar-refractivity contribution >= 4 is 45.1 Å². The fraction of sp³-hybridized carbons (Fsp3) is 0.500. The normalized spacial score (nSPS) is 34.9. The smallest absolute Gasteiger partial charge is 0.310 e. The lowest BCUT2D eigenvalue weighted by Crippen LogP contribution is -2.36. The van der Waals surface area contributed by atoms with E-state index in [2.05, 4.69) is 21.2 Å². The first-order valence-corrected chi connectivity index (χ1v) is 8.60. The van der Waals surface area contributed by atoms with Crippen molar-refractivity contribution in [3.8, 4) is 0 Å². The molecule has 22 heavy (non-hydrogen) atoms. The van der Waals surface area contributed by atoms with E-state index in [1.54, 1.807) is 6.07 Å². The fourth-order valence-electron chi connectivity index (χ4n) is 4.36. The van der Waals surface area contributed by atoms with Crippen molar-refractivity contribution in [3.05, 3.63) is 27.2 Å². The number of hydrogen-bond donors (Lipinski definition) is 1. The summed E-state index contributed by atoms with van der Waals surface area (Å²) >= 11 is 9.47. The van der Waals surface area contributed by atoms with E-state index in [4.69, 9.17) is 16.3 Å². The van der Waals surface area contributed by atoms with Crippen molar-refractivity contribution in [1.82, 2.24) is 0 Å². The highest BCUT2D eigenvalue weighted by molar-refractivity contribution is 9.10. The third-order valence-electron chi connectivity index (χ3n) is 5.31. The molecule has 1 aromatic rings. The van der Waals surface area contributed by atoms with Crippen LogP contribution in [0.5, 0.6) is 0 Å². The Hall–Kier alpha value is -1.07. The molecule has 3 aliphatic rings. The predicted molar refractivity (Wildman–Crippen MR) is 85.6 cm³/mol. The summed E-state index contributed by atoms with van der Waals surface area (Å²) in [6, 6.07) is 3.61. The van der Waals surface area contributed by atoms with E-state index in [9.17, 15) is 9.59 Å². The number of halogens is 2.